The molecule has 20 heavy (non-hydrogen) atoms. The van der Waals surface area contributed by atoms with E-state index in [-0.39, 0.29) is 24.0 Å². The molecule has 0 aromatic heterocycles. The number of carbonyl (C=O) groups excluding carboxylic acids is 1. The number of nitrogens with one attached hydrogen (secondary N) is 1. The van der Waals surface area contributed by atoms with Crippen LogP contribution < -0.4 is 5.32 Å². The fourth-order valence-electron chi connectivity index (χ4n) is 2.44. The van der Waals surface area contributed by atoms with Crippen LogP contribution in [0.4, 0.5) is 0 Å². The zero-order valence-electron chi connectivity index (χ0n) is 12.6. The number of carboxylic acid groups (broad SMARTS) is 1. The summed E-state index contributed by atoms with van der Waals surface area (Å²) in [5, 5.41) is 11.7. The summed E-state index contributed by atoms with van der Waals surface area (Å²) in [5.74, 6) is -0.991. The van der Waals surface area contributed by atoms with Crippen molar-refractivity contribution in [3.8, 4) is 0 Å². The summed E-state index contributed by atoms with van der Waals surface area (Å²) in [7, 11) is 0. The first-order valence-electron chi connectivity index (χ1n) is 7.62. The second-order valence-corrected chi connectivity index (χ2v) is 5.81. The third kappa shape index (κ3) is 6.89. The minimum absolute atomic E-state index is 0.0688. The molecule has 0 bridgehead atoms. The molecule has 0 saturated carbocycles. The molecule has 0 aromatic carbocycles. The van der Waals surface area contributed by atoms with E-state index in [1.807, 2.05) is 6.92 Å². The number of hydrogen-bond acceptors (Lipinski definition) is 3. The lowest BCUT2D eigenvalue weighted by Gasteiger charge is -2.15. The standard InChI is InChI=1S/C15H27NO4/c1-11(15(18)19)5-3-6-12(2)16-14(17)9-8-13-7-4-10-20-13/h11-13H,3-10H2,1-2H3,(H,16,17)(H,18,19). The van der Waals surface area contributed by atoms with Crippen LogP contribution in [0, 0.1) is 5.92 Å². The van der Waals surface area contributed by atoms with Gasteiger partial charge in [-0.25, -0.2) is 0 Å². The normalized spacial score (nSPS) is 21.4. The number of ether oxygens (including phenoxy) is 1. The van der Waals surface area contributed by atoms with Crippen LogP contribution in [0.25, 0.3) is 0 Å². The van der Waals surface area contributed by atoms with E-state index in [0.29, 0.717) is 12.8 Å². The third-order valence-electron chi connectivity index (χ3n) is 3.82. The molecule has 0 spiro atoms. The number of amides is 1. The zero-order chi connectivity index (χ0) is 15.0. The summed E-state index contributed by atoms with van der Waals surface area (Å²) in [5.41, 5.74) is 0. The van der Waals surface area contributed by atoms with E-state index in [9.17, 15) is 9.59 Å². The predicted octanol–water partition coefficient (Wildman–Crippen LogP) is 2.34. The van der Waals surface area contributed by atoms with Crippen molar-refractivity contribution in [3.63, 3.8) is 0 Å². The SMILES string of the molecule is CC(CCCC(C)C(=O)O)NC(=O)CCC1CCCO1. The number of rotatable bonds is 9. The highest BCUT2D eigenvalue weighted by Crippen LogP contribution is 2.16. The van der Waals surface area contributed by atoms with Gasteiger partial charge in [-0.05, 0) is 39.0 Å². The molecule has 1 aliphatic rings. The summed E-state index contributed by atoms with van der Waals surface area (Å²) in [6.07, 6.45) is 6.04. The molecule has 1 fully saturated rings. The molecule has 3 unspecified atom stereocenters. The molecule has 1 amide bonds. The lowest BCUT2D eigenvalue weighted by Crippen LogP contribution is -2.33. The Bertz CT molecular complexity index is 313. The van der Waals surface area contributed by atoms with Gasteiger partial charge < -0.3 is 15.2 Å². The molecule has 1 saturated heterocycles. The zero-order valence-corrected chi connectivity index (χ0v) is 12.6. The van der Waals surface area contributed by atoms with Gasteiger partial charge in [0.1, 0.15) is 0 Å². The molecule has 5 heteroatoms. The van der Waals surface area contributed by atoms with Gasteiger partial charge in [0.05, 0.1) is 12.0 Å². The molecule has 5 nitrogen and oxygen atoms in total. The van der Waals surface area contributed by atoms with Crippen molar-refractivity contribution in [2.24, 2.45) is 5.92 Å². The van der Waals surface area contributed by atoms with Crippen molar-refractivity contribution in [2.45, 2.75) is 70.9 Å². The van der Waals surface area contributed by atoms with Gasteiger partial charge in [-0.3, -0.25) is 9.59 Å². The van der Waals surface area contributed by atoms with Crippen LogP contribution in [0.5, 0.6) is 0 Å². The number of carboxylic acids is 1. The number of aliphatic carboxylic acids is 1. The highest BCUT2D eigenvalue weighted by molar-refractivity contribution is 5.76. The van der Waals surface area contributed by atoms with Crippen molar-refractivity contribution < 1.29 is 19.4 Å². The van der Waals surface area contributed by atoms with Gasteiger partial charge in [-0.15, -0.1) is 0 Å². The van der Waals surface area contributed by atoms with Crippen LogP contribution in [-0.2, 0) is 14.3 Å². The summed E-state index contributed by atoms with van der Waals surface area (Å²) < 4.78 is 5.49. The Morgan fingerprint density at radius 3 is 2.70 bits per heavy atom. The minimum atomic E-state index is -0.752. The van der Waals surface area contributed by atoms with E-state index in [2.05, 4.69) is 5.32 Å². The van der Waals surface area contributed by atoms with Crippen LogP contribution >= 0.6 is 0 Å². The summed E-state index contributed by atoms with van der Waals surface area (Å²) in [4.78, 5) is 22.4. The predicted molar refractivity (Wildman–Crippen MR) is 76.5 cm³/mol. The highest BCUT2D eigenvalue weighted by atomic mass is 16.5. The quantitative estimate of drug-likeness (QED) is 0.682. The summed E-state index contributed by atoms with van der Waals surface area (Å²) >= 11 is 0. The number of carbonyl (C=O) groups is 2. The molecule has 0 radical (unpaired) electrons. The van der Waals surface area contributed by atoms with Crippen molar-refractivity contribution >= 4 is 11.9 Å². The fourth-order valence-corrected chi connectivity index (χ4v) is 2.44. The maximum Gasteiger partial charge on any atom is 0.306 e. The van der Waals surface area contributed by atoms with Gasteiger partial charge in [0.15, 0.2) is 0 Å². The first-order chi connectivity index (χ1) is 9.49. The Labute approximate surface area is 121 Å². The average molecular weight is 285 g/mol. The Balaban J connectivity index is 2.06. The van der Waals surface area contributed by atoms with Gasteiger partial charge in [0.2, 0.25) is 5.91 Å². The average Bonchev–Trinajstić information content (AvgIpc) is 2.89. The van der Waals surface area contributed by atoms with Gasteiger partial charge in [0, 0.05) is 19.1 Å². The molecule has 3 atom stereocenters. The van der Waals surface area contributed by atoms with Crippen LogP contribution in [-0.4, -0.2) is 35.7 Å². The highest BCUT2D eigenvalue weighted by Gasteiger charge is 2.17. The van der Waals surface area contributed by atoms with Gasteiger partial charge in [-0.2, -0.15) is 0 Å². The van der Waals surface area contributed by atoms with Crippen molar-refractivity contribution in [1.82, 2.24) is 5.32 Å². The second-order valence-electron chi connectivity index (χ2n) is 5.81. The summed E-state index contributed by atoms with van der Waals surface area (Å²) in [6.45, 7) is 4.51. The van der Waals surface area contributed by atoms with Crippen molar-refractivity contribution in [2.75, 3.05) is 6.61 Å². The van der Waals surface area contributed by atoms with E-state index < -0.39 is 5.97 Å². The first kappa shape index (κ1) is 17.0. The van der Waals surface area contributed by atoms with E-state index in [0.717, 1.165) is 38.7 Å². The molecule has 0 aromatic rings. The second kappa shape index (κ2) is 8.95. The molecular formula is C15H27NO4. The van der Waals surface area contributed by atoms with Crippen LogP contribution in [0.1, 0.15) is 58.8 Å². The Kier molecular flexibility index (Phi) is 7.59. The first-order valence-corrected chi connectivity index (χ1v) is 7.62. The Hall–Kier alpha value is -1.10. The van der Waals surface area contributed by atoms with E-state index in [4.69, 9.17) is 9.84 Å². The molecule has 1 rings (SSSR count). The lowest BCUT2D eigenvalue weighted by molar-refractivity contribution is -0.141. The van der Waals surface area contributed by atoms with Gasteiger partial charge >= 0.3 is 5.97 Å². The Morgan fingerprint density at radius 2 is 2.10 bits per heavy atom. The monoisotopic (exact) mass is 285 g/mol. The lowest BCUT2D eigenvalue weighted by atomic mass is 10.0. The van der Waals surface area contributed by atoms with Gasteiger partial charge in [-0.1, -0.05) is 13.3 Å². The smallest absolute Gasteiger partial charge is 0.306 e. The van der Waals surface area contributed by atoms with E-state index >= 15 is 0 Å². The molecule has 2 N–H and O–H groups in total. The fraction of sp³-hybridized carbons (Fsp3) is 0.867. The minimum Gasteiger partial charge on any atom is -0.481 e. The molecule has 116 valence electrons. The molecule has 1 aliphatic heterocycles. The Morgan fingerprint density at radius 1 is 1.35 bits per heavy atom. The maximum atomic E-state index is 11.8. The van der Waals surface area contributed by atoms with E-state index in [1.54, 1.807) is 6.92 Å². The summed E-state index contributed by atoms with van der Waals surface area (Å²) in [6, 6.07) is 0.105. The molecule has 1 heterocycles. The maximum absolute atomic E-state index is 11.8. The van der Waals surface area contributed by atoms with Crippen LogP contribution in [0.3, 0.4) is 0 Å². The third-order valence-corrected chi connectivity index (χ3v) is 3.82. The molecular weight excluding hydrogens is 258 g/mol. The van der Waals surface area contributed by atoms with Crippen molar-refractivity contribution in [1.29, 1.82) is 0 Å². The van der Waals surface area contributed by atoms with Gasteiger partial charge in [0.25, 0.3) is 0 Å². The van der Waals surface area contributed by atoms with Crippen LogP contribution in [0.15, 0.2) is 0 Å². The molecule has 0 aliphatic carbocycles. The van der Waals surface area contributed by atoms with E-state index in [1.165, 1.54) is 0 Å². The topological polar surface area (TPSA) is 75.6 Å². The number of hydrogen-bond donors (Lipinski definition) is 2. The van der Waals surface area contributed by atoms with Crippen LogP contribution in [0.2, 0.25) is 0 Å². The largest absolute Gasteiger partial charge is 0.481 e. The van der Waals surface area contributed by atoms with Crippen molar-refractivity contribution in [3.05, 3.63) is 0 Å².